The molecule has 1 fully saturated rings. The number of amides is 1. The van der Waals surface area contributed by atoms with Crippen LogP contribution >= 0.6 is 0 Å². The van der Waals surface area contributed by atoms with Crippen LogP contribution in [0.3, 0.4) is 0 Å². The van der Waals surface area contributed by atoms with Gasteiger partial charge in [-0.1, -0.05) is 6.07 Å². The molecule has 1 amide bonds. The first-order chi connectivity index (χ1) is 10.8. The predicted octanol–water partition coefficient (Wildman–Crippen LogP) is 2.59. The number of nitriles is 1. The van der Waals surface area contributed by atoms with Crippen molar-refractivity contribution in [1.82, 2.24) is 5.32 Å². The minimum atomic E-state index is -4.46. The topological polar surface area (TPSA) is 56.1 Å². The Morgan fingerprint density at radius 1 is 1.43 bits per heavy atom. The van der Waals surface area contributed by atoms with E-state index in [0.29, 0.717) is 25.1 Å². The summed E-state index contributed by atoms with van der Waals surface area (Å²) in [5.41, 5.74) is 0.240. The number of anilines is 1. The van der Waals surface area contributed by atoms with Crippen molar-refractivity contribution in [3.63, 3.8) is 0 Å². The second-order valence-corrected chi connectivity index (χ2v) is 5.36. The molecule has 2 rings (SSSR count). The van der Waals surface area contributed by atoms with E-state index in [2.05, 4.69) is 0 Å². The smallest absolute Gasteiger partial charge is 0.370 e. The lowest BCUT2D eigenvalue weighted by Gasteiger charge is -2.34. The molecule has 1 aromatic rings. The van der Waals surface area contributed by atoms with E-state index in [1.54, 1.807) is 17.0 Å². The first-order valence-corrected chi connectivity index (χ1v) is 7.10. The van der Waals surface area contributed by atoms with Crippen LogP contribution in [-0.4, -0.2) is 31.7 Å². The average molecular weight is 329 g/mol. The van der Waals surface area contributed by atoms with Crippen LogP contribution in [0.4, 0.5) is 23.2 Å². The molecule has 1 aliphatic rings. The quantitative estimate of drug-likeness (QED) is 0.867. The number of nitrogens with one attached hydrogen (secondary N) is 1. The maximum absolute atomic E-state index is 13.7. The first-order valence-electron chi connectivity index (χ1n) is 7.10. The zero-order valence-corrected chi connectivity index (χ0v) is 12.2. The van der Waals surface area contributed by atoms with Crippen molar-refractivity contribution in [3.8, 4) is 6.07 Å². The van der Waals surface area contributed by atoms with E-state index in [4.69, 9.17) is 5.26 Å². The molecule has 1 saturated heterocycles. The summed E-state index contributed by atoms with van der Waals surface area (Å²) in [7, 11) is 0. The third-order valence-corrected chi connectivity index (χ3v) is 3.70. The van der Waals surface area contributed by atoms with Crippen molar-refractivity contribution in [1.29, 1.82) is 5.26 Å². The van der Waals surface area contributed by atoms with Gasteiger partial charge in [-0.2, -0.15) is 18.4 Å². The van der Waals surface area contributed by atoms with Gasteiger partial charge in [0.25, 0.3) is 0 Å². The van der Waals surface area contributed by atoms with Gasteiger partial charge in [0.05, 0.1) is 11.6 Å². The lowest BCUT2D eigenvalue weighted by molar-refractivity contribution is -0.140. The Balaban J connectivity index is 2.08. The minimum Gasteiger partial charge on any atom is -0.370 e. The van der Waals surface area contributed by atoms with Gasteiger partial charge >= 0.3 is 6.18 Å². The molecule has 23 heavy (non-hydrogen) atoms. The summed E-state index contributed by atoms with van der Waals surface area (Å²) < 4.78 is 50.2. The number of alkyl halides is 3. The highest BCUT2D eigenvalue weighted by molar-refractivity contribution is 5.79. The van der Waals surface area contributed by atoms with Gasteiger partial charge in [0, 0.05) is 13.1 Å². The SMILES string of the molecule is N#Cc1c(F)cccc1N1CCCC(C(=O)NCC(F)(F)F)C1. The van der Waals surface area contributed by atoms with Crippen LogP contribution in [0.2, 0.25) is 0 Å². The Hall–Kier alpha value is -2.30. The normalized spacial score (nSPS) is 18.4. The first kappa shape index (κ1) is 17.1. The van der Waals surface area contributed by atoms with Crippen molar-refractivity contribution in [2.24, 2.45) is 5.92 Å². The number of nitrogens with zero attached hydrogens (tertiary/aromatic N) is 2. The Morgan fingerprint density at radius 2 is 2.17 bits per heavy atom. The van der Waals surface area contributed by atoms with Crippen molar-refractivity contribution in [3.05, 3.63) is 29.6 Å². The minimum absolute atomic E-state index is 0.121. The van der Waals surface area contributed by atoms with Crippen LogP contribution in [-0.2, 0) is 4.79 Å². The van der Waals surface area contributed by atoms with Gasteiger partial charge in [0.1, 0.15) is 24.0 Å². The van der Waals surface area contributed by atoms with Gasteiger partial charge in [-0.15, -0.1) is 0 Å². The van der Waals surface area contributed by atoms with Crippen LogP contribution < -0.4 is 10.2 Å². The molecule has 0 aromatic heterocycles. The van der Waals surface area contributed by atoms with Crippen LogP contribution in [0.1, 0.15) is 18.4 Å². The third kappa shape index (κ3) is 4.34. The molecule has 0 aliphatic carbocycles. The lowest BCUT2D eigenvalue weighted by atomic mass is 9.96. The fourth-order valence-electron chi connectivity index (χ4n) is 2.63. The highest BCUT2D eigenvalue weighted by atomic mass is 19.4. The number of rotatable bonds is 3. The van der Waals surface area contributed by atoms with Crippen molar-refractivity contribution < 1.29 is 22.4 Å². The summed E-state index contributed by atoms with van der Waals surface area (Å²) in [6, 6.07) is 5.97. The molecule has 1 unspecified atom stereocenters. The van der Waals surface area contributed by atoms with Gasteiger partial charge in [-0.05, 0) is 25.0 Å². The summed E-state index contributed by atoms with van der Waals surface area (Å²) >= 11 is 0. The molecule has 1 heterocycles. The molecule has 0 saturated carbocycles. The Labute approximate surface area is 130 Å². The van der Waals surface area contributed by atoms with E-state index in [1.165, 1.54) is 12.1 Å². The van der Waals surface area contributed by atoms with Crippen LogP contribution in [0.25, 0.3) is 0 Å². The van der Waals surface area contributed by atoms with Gasteiger partial charge < -0.3 is 10.2 Å². The number of benzene rings is 1. The van der Waals surface area contributed by atoms with Gasteiger partial charge in [-0.25, -0.2) is 4.39 Å². The van der Waals surface area contributed by atoms with Crippen LogP contribution in [0, 0.1) is 23.1 Å². The van der Waals surface area contributed by atoms with Crippen LogP contribution in [0.15, 0.2) is 18.2 Å². The van der Waals surface area contributed by atoms with E-state index in [-0.39, 0.29) is 12.1 Å². The van der Waals surface area contributed by atoms with E-state index >= 15 is 0 Å². The highest BCUT2D eigenvalue weighted by Crippen LogP contribution is 2.27. The number of hydrogen-bond acceptors (Lipinski definition) is 3. The molecule has 4 nitrogen and oxygen atoms in total. The zero-order valence-electron chi connectivity index (χ0n) is 12.2. The van der Waals surface area contributed by atoms with Crippen LogP contribution in [0.5, 0.6) is 0 Å². The predicted molar refractivity (Wildman–Crippen MR) is 75.1 cm³/mol. The van der Waals surface area contributed by atoms with Crippen molar-refractivity contribution in [2.45, 2.75) is 19.0 Å². The van der Waals surface area contributed by atoms with E-state index in [1.807, 2.05) is 5.32 Å². The number of carbonyl (C=O) groups is 1. The monoisotopic (exact) mass is 329 g/mol. The van der Waals surface area contributed by atoms with E-state index in [0.717, 1.165) is 0 Å². The van der Waals surface area contributed by atoms with E-state index < -0.39 is 30.4 Å². The molecule has 1 aromatic carbocycles. The Kier molecular flexibility index (Phi) is 5.08. The number of piperidine rings is 1. The zero-order chi connectivity index (χ0) is 17.0. The molecular weight excluding hydrogens is 314 g/mol. The van der Waals surface area contributed by atoms with Gasteiger partial charge in [0.2, 0.25) is 5.91 Å². The molecule has 0 radical (unpaired) electrons. The van der Waals surface area contributed by atoms with Crippen molar-refractivity contribution in [2.75, 3.05) is 24.5 Å². The molecule has 0 bridgehead atoms. The Morgan fingerprint density at radius 3 is 2.83 bits per heavy atom. The molecule has 124 valence electrons. The van der Waals surface area contributed by atoms with Gasteiger partial charge in [0.15, 0.2) is 0 Å². The molecule has 1 aliphatic heterocycles. The molecular formula is C15H15F4N3O. The molecule has 1 N–H and O–H groups in total. The highest BCUT2D eigenvalue weighted by Gasteiger charge is 2.32. The molecule has 8 heteroatoms. The maximum Gasteiger partial charge on any atom is 0.405 e. The summed E-state index contributed by atoms with van der Waals surface area (Å²) in [6.07, 6.45) is -3.43. The Bertz CT molecular complexity index is 624. The summed E-state index contributed by atoms with van der Waals surface area (Å²) in [5, 5.41) is 10.9. The summed E-state index contributed by atoms with van der Waals surface area (Å²) in [4.78, 5) is 13.5. The number of hydrogen-bond donors (Lipinski definition) is 1. The van der Waals surface area contributed by atoms with Crippen molar-refractivity contribution >= 4 is 11.6 Å². The maximum atomic E-state index is 13.7. The fourth-order valence-corrected chi connectivity index (χ4v) is 2.63. The standard InChI is InChI=1S/C15H15F4N3O/c16-12-4-1-5-13(11(12)7-20)22-6-2-3-10(8-22)14(23)21-9-15(17,18)19/h1,4-5,10H,2-3,6,8-9H2,(H,21,23). The second-order valence-electron chi connectivity index (χ2n) is 5.36. The molecule has 1 atom stereocenters. The molecule has 0 spiro atoms. The number of carbonyl (C=O) groups excluding carboxylic acids is 1. The second kappa shape index (κ2) is 6.86. The number of halogens is 4. The summed E-state index contributed by atoms with van der Waals surface area (Å²) in [6.45, 7) is -0.700. The summed E-state index contributed by atoms with van der Waals surface area (Å²) in [5.74, 6) is -1.96. The van der Waals surface area contributed by atoms with E-state index in [9.17, 15) is 22.4 Å². The van der Waals surface area contributed by atoms with Gasteiger partial charge in [-0.3, -0.25) is 4.79 Å². The average Bonchev–Trinajstić information content (AvgIpc) is 2.51. The largest absolute Gasteiger partial charge is 0.405 e. The fraction of sp³-hybridized carbons (Fsp3) is 0.467. The third-order valence-electron chi connectivity index (χ3n) is 3.70. The lowest BCUT2D eigenvalue weighted by Crippen LogP contribution is -2.45.